The Morgan fingerprint density at radius 3 is 1.69 bits per heavy atom. The molecule has 1 atom stereocenters. The fourth-order valence-electron chi connectivity index (χ4n) is 2.54. The summed E-state index contributed by atoms with van der Waals surface area (Å²) in [6.45, 7) is 0. The fourth-order valence-corrected chi connectivity index (χ4v) is 2.54. The number of aromatic nitrogens is 1. The maximum atomic E-state index is 8.49. The van der Waals surface area contributed by atoms with Crippen LogP contribution in [0.15, 0.2) is 85.2 Å². The number of hydrogen-bond acceptors (Lipinski definition) is 5. The molecule has 7 heteroatoms. The Morgan fingerprint density at radius 1 is 0.731 bits per heavy atom. The highest BCUT2D eigenvalue weighted by Gasteiger charge is 2.22. The van der Waals surface area contributed by atoms with Crippen molar-refractivity contribution in [3.05, 3.63) is 96.3 Å². The van der Waals surface area contributed by atoms with E-state index >= 15 is 0 Å². The van der Waals surface area contributed by atoms with Crippen LogP contribution in [0.3, 0.4) is 0 Å². The third-order valence-corrected chi connectivity index (χ3v) is 3.58. The molecule has 3 rings (SSSR count). The van der Waals surface area contributed by atoms with Crippen LogP contribution in [0.2, 0.25) is 0 Å². The lowest BCUT2D eigenvalue weighted by atomic mass is 9.98. The second-order valence-electron chi connectivity index (χ2n) is 5.29. The zero-order valence-corrected chi connectivity index (χ0v) is 14.8. The first-order valence-electron chi connectivity index (χ1n) is 7.65. The van der Waals surface area contributed by atoms with E-state index in [1.54, 1.807) is 7.11 Å². The monoisotopic (exact) mass is 375 g/mol. The molecule has 1 unspecified atom stereocenters. The highest BCUT2D eigenvalue weighted by molar-refractivity contribution is 5.33. The van der Waals surface area contributed by atoms with Crippen LogP contribution in [-0.2, 0) is 0 Å². The predicted molar refractivity (Wildman–Crippen MR) is 83.3 cm³/mol. The molecule has 0 aliphatic heterocycles. The summed E-state index contributed by atoms with van der Waals surface area (Å²) in [5, 5.41) is 0. The van der Waals surface area contributed by atoms with Gasteiger partial charge in [-0.15, -0.1) is 10.2 Å². The van der Waals surface area contributed by atoms with E-state index in [0.717, 1.165) is 5.75 Å². The lowest BCUT2D eigenvalue weighted by Gasteiger charge is -2.17. The molecule has 26 heavy (non-hydrogen) atoms. The van der Waals surface area contributed by atoms with Crippen molar-refractivity contribution in [2.75, 3.05) is 7.11 Å². The van der Waals surface area contributed by atoms with Crippen LogP contribution in [0.25, 0.3) is 0 Å². The second kappa shape index (κ2) is 9.28. The zero-order chi connectivity index (χ0) is 19.0. The third-order valence-electron chi connectivity index (χ3n) is 3.58. The first kappa shape index (κ1) is 19.8. The minimum absolute atomic E-state index is 0.165. The Balaban J connectivity index is 0.000000431. The van der Waals surface area contributed by atoms with Gasteiger partial charge in [0.2, 0.25) is 6.04 Å². The normalized spacial score (nSPS) is 11.9. The van der Waals surface area contributed by atoms with Gasteiger partial charge < -0.3 is 4.74 Å². The van der Waals surface area contributed by atoms with E-state index in [-0.39, 0.29) is 6.04 Å². The number of halogens is 1. The van der Waals surface area contributed by atoms with Crippen LogP contribution in [0, 0.1) is 10.2 Å². The van der Waals surface area contributed by atoms with E-state index in [2.05, 4.69) is 65.5 Å². The standard InChI is InChI=1S/C19H18NO.ClHO4/c1-21-18-12-10-17(11-13-18)19(16-8-4-2-5-9-16)20-14-6-3-7-15-20;2-1(3,4)5/h2-15,19H,1H3;(H,2,3,4,5)/q+1;/p-1. The first-order valence-corrected chi connectivity index (χ1v) is 8.88. The number of ether oxygens (including phenoxy) is 1. The molecule has 0 saturated heterocycles. The fraction of sp³-hybridized carbons (Fsp3) is 0.105. The number of pyridine rings is 1. The smallest absolute Gasteiger partial charge is 0.208 e. The molecule has 6 nitrogen and oxygen atoms in total. The molecule has 1 heterocycles. The molecule has 2 aromatic carbocycles. The summed E-state index contributed by atoms with van der Waals surface area (Å²) in [5.74, 6) is 0.878. The first-order chi connectivity index (χ1) is 12.4. The maximum absolute atomic E-state index is 8.49. The predicted octanol–water partition coefficient (Wildman–Crippen LogP) is -1.14. The summed E-state index contributed by atoms with van der Waals surface area (Å²) in [6.07, 6.45) is 4.20. The summed E-state index contributed by atoms with van der Waals surface area (Å²) < 4.78 is 41.4. The molecule has 0 N–H and O–H groups in total. The molecule has 136 valence electrons. The van der Waals surface area contributed by atoms with Crippen molar-refractivity contribution in [1.82, 2.24) is 0 Å². The molecule has 0 aliphatic rings. The van der Waals surface area contributed by atoms with Crippen LogP contribution in [0.5, 0.6) is 5.75 Å². The highest BCUT2D eigenvalue weighted by Crippen LogP contribution is 2.23. The second-order valence-corrected chi connectivity index (χ2v) is 6.04. The zero-order valence-electron chi connectivity index (χ0n) is 14.0. The topological polar surface area (TPSA) is 105 Å². The van der Waals surface area contributed by atoms with Gasteiger partial charge in [0.15, 0.2) is 12.4 Å². The van der Waals surface area contributed by atoms with Crippen LogP contribution in [0.1, 0.15) is 17.2 Å². The van der Waals surface area contributed by atoms with Crippen molar-refractivity contribution >= 4 is 0 Å². The Morgan fingerprint density at radius 2 is 1.19 bits per heavy atom. The average Bonchev–Trinajstić information content (AvgIpc) is 2.63. The molecule has 1 aromatic heterocycles. The van der Waals surface area contributed by atoms with Crippen molar-refractivity contribution in [2.45, 2.75) is 6.04 Å². The van der Waals surface area contributed by atoms with Crippen molar-refractivity contribution in [3.63, 3.8) is 0 Å². The molecular weight excluding hydrogens is 358 g/mol. The van der Waals surface area contributed by atoms with Gasteiger partial charge in [0, 0.05) is 23.3 Å². The molecule has 0 bridgehead atoms. The summed E-state index contributed by atoms with van der Waals surface area (Å²) in [6, 6.07) is 25.1. The molecule has 0 amide bonds. The summed E-state index contributed by atoms with van der Waals surface area (Å²) in [7, 11) is -3.25. The molecule has 0 radical (unpaired) electrons. The number of hydrogen-bond donors (Lipinski definition) is 0. The number of rotatable bonds is 4. The Labute approximate surface area is 153 Å². The van der Waals surface area contributed by atoms with E-state index in [9.17, 15) is 0 Å². The lowest BCUT2D eigenvalue weighted by Crippen LogP contribution is -2.68. The van der Waals surface area contributed by atoms with E-state index < -0.39 is 10.2 Å². The van der Waals surface area contributed by atoms with Crippen molar-refractivity contribution in [1.29, 1.82) is 0 Å². The van der Waals surface area contributed by atoms with Crippen molar-refractivity contribution in [2.24, 2.45) is 0 Å². The van der Waals surface area contributed by atoms with Gasteiger partial charge in [0.1, 0.15) is 5.75 Å². The van der Waals surface area contributed by atoms with Gasteiger partial charge in [0.25, 0.3) is 0 Å². The Kier molecular flexibility index (Phi) is 7.08. The summed E-state index contributed by atoms with van der Waals surface area (Å²) in [5.41, 5.74) is 2.50. The van der Waals surface area contributed by atoms with E-state index in [1.165, 1.54) is 11.1 Å². The van der Waals surface area contributed by atoms with Crippen molar-refractivity contribution < 1.29 is 38.2 Å². The Bertz CT molecular complexity index is 731. The summed E-state index contributed by atoms with van der Waals surface area (Å²) in [4.78, 5) is 0. The van der Waals surface area contributed by atoms with Gasteiger partial charge in [-0.1, -0.05) is 36.4 Å². The average molecular weight is 376 g/mol. The van der Waals surface area contributed by atoms with Gasteiger partial charge in [-0.2, -0.15) is 4.57 Å². The molecule has 0 fully saturated rings. The van der Waals surface area contributed by atoms with Crippen molar-refractivity contribution in [3.8, 4) is 5.75 Å². The lowest BCUT2D eigenvalue weighted by molar-refractivity contribution is -2.00. The van der Waals surface area contributed by atoms with Crippen LogP contribution >= 0.6 is 0 Å². The summed E-state index contributed by atoms with van der Waals surface area (Å²) >= 11 is 0. The molecular formula is C19H18ClNO5. The third kappa shape index (κ3) is 6.44. The SMILES string of the molecule is COc1ccc(C(c2ccccc2)[n+]2ccccc2)cc1.[O-][Cl+3]([O-])([O-])[O-]. The van der Waals surface area contributed by atoms with Gasteiger partial charge in [-0.25, -0.2) is 18.6 Å². The highest BCUT2D eigenvalue weighted by atomic mass is 35.7. The minimum atomic E-state index is -4.94. The van der Waals surface area contributed by atoms with Gasteiger partial charge >= 0.3 is 0 Å². The van der Waals surface area contributed by atoms with Crippen LogP contribution in [0.4, 0.5) is 0 Å². The molecule has 0 saturated carbocycles. The molecule has 0 aliphatic carbocycles. The van der Waals surface area contributed by atoms with Crippen LogP contribution < -0.4 is 27.9 Å². The van der Waals surface area contributed by atoms with Gasteiger partial charge in [-0.3, -0.25) is 0 Å². The van der Waals surface area contributed by atoms with E-state index in [0.29, 0.717) is 0 Å². The van der Waals surface area contributed by atoms with Crippen LogP contribution in [-0.4, -0.2) is 7.11 Å². The van der Waals surface area contributed by atoms with E-state index in [1.807, 2.05) is 24.3 Å². The minimum Gasteiger partial charge on any atom is -0.497 e. The van der Waals surface area contributed by atoms with Gasteiger partial charge in [-0.05, 0) is 24.3 Å². The number of benzene rings is 2. The van der Waals surface area contributed by atoms with Gasteiger partial charge in [0.05, 0.1) is 7.11 Å². The largest absolute Gasteiger partial charge is 0.497 e. The quantitative estimate of drug-likeness (QED) is 0.536. The Hall–Kier alpha value is -2.48. The van der Waals surface area contributed by atoms with E-state index in [4.69, 9.17) is 23.4 Å². The molecule has 0 spiro atoms. The maximum Gasteiger partial charge on any atom is 0.208 e. The molecule has 3 aromatic rings. The number of methoxy groups -OCH3 is 1. The number of nitrogens with zero attached hydrogens (tertiary/aromatic N) is 1.